The third-order valence-electron chi connectivity index (χ3n) is 2.98. The molecule has 1 aliphatic carbocycles. The van der Waals surface area contributed by atoms with Crippen LogP contribution in [0.4, 0.5) is 0 Å². The molecule has 1 rings (SSSR count). The molecule has 0 aromatic heterocycles. The Morgan fingerprint density at radius 1 is 1.47 bits per heavy atom. The Morgan fingerprint density at radius 3 is 2.80 bits per heavy atom. The van der Waals surface area contributed by atoms with Crippen LogP contribution in [-0.4, -0.2) is 29.7 Å². The maximum atomic E-state index is 11.8. The highest BCUT2D eigenvalue weighted by atomic mass is 16.3. The molecule has 4 heteroatoms. The third-order valence-corrected chi connectivity index (χ3v) is 2.98. The molecule has 0 aromatic carbocycles. The first-order valence-corrected chi connectivity index (χ1v) is 5.82. The van der Waals surface area contributed by atoms with Gasteiger partial charge in [-0.2, -0.15) is 0 Å². The second kappa shape index (κ2) is 6.08. The van der Waals surface area contributed by atoms with Crippen LogP contribution in [0, 0.1) is 5.92 Å². The van der Waals surface area contributed by atoms with Crippen molar-refractivity contribution in [1.29, 1.82) is 0 Å². The van der Waals surface area contributed by atoms with Crippen molar-refractivity contribution in [3.63, 3.8) is 0 Å². The highest BCUT2D eigenvalue weighted by Gasteiger charge is 2.26. The van der Waals surface area contributed by atoms with E-state index in [1.165, 1.54) is 6.42 Å². The molecule has 0 aromatic rings. The van der Waals surface area contributed by atoms with Crippen LogP contribution in [0.5, 0.6) is 0 Å². The Morgan fingerprint density at radius 2 is 2.13 bits per heavy atom. The molecule has 2 unspecified atom stereocenters. The predicted octanol–water partition coefficient (Wildman–Crippen LogP) is 0.391. The van der Waals surface area contributed by atoms with Crippen molar-refractivity contribution in [3.05, 3.63) is 0 Å². The molecule has 1 aliphatic rings. The molecule has 4 nitrogen and oxygen atoms in total. The van der Waals surface area contributed by atoms with Gasteiger partial charge in [0.05, 0.1) is 12.0 Å². The standard InChI is InChI=1S/C11H22N2O2/c1-8(14)7-13-11(15)9-5-3-2-4-6-10(9)12/h8-10,14H,2-7,12H2,1H3,(H,13,15)/t8-,9?,10?/m0/s1. The van der Waals surface area contributed by atoms with E-state index in [1.807, 2.05) is 0 Å². The minimum atomic E-state index is -0.490. The number of amides is 1. The Labute approximate surface area is 91.2 Å². The van der Waals surface area contributed by atoms with Crippen molar-refractivity contribution in [1.82, 2.24) is 5.32 Å². The third kappa shape index (κ3) is 4.18. The lowest BCUT2D eigenvalue weighted by molar-refractivity contribution is -0.126. The van der Waals surface area contributed by atoms with Gasteiger partial charge in [-0.3, -0.25) is 4.79 Å². The van der Waals surface area contributed by atoms with Gasteiger partial charge in [0.15, 0.2) is 0 Å². The number of aliphatic hydroxyl groups is 1. The van der Waals surface area contributed by atoms with Gasteiger partial charge in [-0.05, 0) is 19.8 Å². The zero-order valence-corrected chi connectivity index (χ0v) is 9.41. The van der Waals surface area contributed by atoms with Gasteiger partial charge >= 0.3 is 0 Å². The minimum Gasteiger partial charge on any atom is -0.392 e. The van der Waals surface area contributed by atoms with E-state index >= 15 is 0 Å². The maximum Gasteiger partial charge on any atom is 0.224 e. The Kier molecular flexibility index (Phi) is 5.05. The molecule has 15 heavy (non-hydrogen) atoms. The first-order valence-electron chi connectivity index (χ1n) is 5.82. The van der Waals surface area contributed by atoms with Crippen LogP contribution in [0.15, 0.2) is 0 Å². The van der Waals surface area contributed by atoms with E-state index in [0.29, 0.717) is 6.54 Å². The first-order chi connectivity index (χ1) is 7.11. The number of rotatable bonds is 3. The molecule has 88 valence electrons. The molecule has 1 amide bonds. The molecule has 1 fully saturated rings. The van der Waals surface area contributed by atoms with Crippen molar-refractivity contribution in [3.8, 4) is 0 Å². The summed E-state index contributed by atoms with van der Waals surface area (Å²) in [5, 5.41) is 11.8. The molecule has 3 atom stereocenters. The Hall–Kier alpha value is -0.610. The van der Waals surface area contributed by atoms with Crippen LogP contribution >= 0.6 is 0 Å². The zero-order chi connectivity index (χ0) is 11.3. The average Bonchev–Trinajstić information content (AvgIpc) is 2.39. The molecule has 4 N–H and O–H groups in total. The lowest BCUT2D eigenvalue weighted by Crippen LogP contribution is -2.43. The van der Waals surface area contributed by atoms with E-state index < -0.39 is 6.10 Å². The monoisotopic (exact) mass is 214 g/mol. The molecule has 1 saturated carbocycles. The number of hydrogen-bond donors (Lipinski definition) is 3. The van der Waals surface area contributed by atoms with E-state index in [1.54, 1.807) is 6.92 Å². The highest BCUT2D eigenvalue weighted by Crippen LogP contribution is 2.22. The SMILES string of the molecule is C[C@H](O)CNC(=O)C1CCCCCC1N. The van der Waals surface area contributed by atoms with Gasteiger partial charge in [0.2, 0.25) is 5.91 Å². The molecule has 0 spiro atoms. The van der Waals surface area contributed by atoms with Crippen molar-refractivity contribution in [2.45, 2.75) is 51.2 Å². The fraction of sp³-hybridized carbons (Fsp3) is 0.909. The van der Waals surface area contributed by atoms with Gasteiger partial charge in [-0.15, -0.1) is 0 Å². The van der Waals surface area contributed by atoms with E-state index in [-0.39, 0.29) is 17.9 Å². The largest absolute Gasteiger partial charge is 0.392 e. The Bertz CT molecular complexity index is 207. The average molecular weight is 214 g/mol. The minimum absolute atomic E-state index is 0.00491. The normalized spacial score (nSPS) is 29.3. The molecule has 0 radical (unpaired) electrons. The second-order valence-electron chi connectivity index (χ2n) is 4.50. The summed E-state index contributed by atoms with van der Waals surface area (Å²) < 4.78 is 0. The molecular weight excluding hydrogens is 192 g/mol. The number of nitrogens with two attached hydrogens (primary N) is 1. The smallest absolute Gasteiger partial charge is 0.224 e. The summed E-state index contributed by atoms with van der Waals surface area (Å²) in [5.41, 5.74) is 5.96. The van der Waals surface area contributed by atoms with Gasteiger partial charge in [-0.1, -0.05) is 19.3 Å². The number of nitrogens with one attached hydrogen (secondary N) is 1. The van der Waals surface area contributed by atoms with Gasteiger partial charge in [0.25, 0.3) is 0 Å². The summed E-state index contributed by atoms with van der Waals surface area (Å²) in [4.78, 5) is 11.8. The molecular formula is C11H22N2O2. The molecule has 0 bridgehead atoms. The Balaban J connectivity index is 2.41. The second-order valence-corrected chi connectivity index (χ2v) is 4.50. The summed E-state index contributed by atoms with van der Waals surface area (Å²) >= 11 is 0. The lowest BCUT2D eigenvalue weighted by Gasteiger charge is -2.20. The summed E-state index contributed by atoms with van der Waals surface area (Å²) in [6.45, 7) is 1.98. The summed E-state index contributed by atoms with van der Waals surface area (Å²) in [6, 6.07) is -0.0125. The number of aliphatic hydroxyl groups excluding tert-OH is 1. The molecule has 0 aliphatic heterocycles. The van der Waals surface area contributed by atoms with Crippen LogP contribution in [0.3, 0.4) is 0 Å². The number of carbonyl (C=O) groups is 1. The lowest BCUT2D eigenvalue weighted by atomic mass is 9.94. The fourth-order valence-electron chi connectivity index (χ4n) is 2.04. The van der Waals surface area contributed by atoms with Crippen LogP contribution < -0.4 is 11.1 Å². The van der Waals surface area contributed by atoms with Crippen molar-refractivity contribution >= 4 is 5.91 Å². The van der Waals surface area contributed by atoms with Crippen LogP contribution in [0.2, 0.25) is 0 Å². The van der Waals surface area contributed by atoms with Gasteiger partial charge in [0.1, 0.15) is 0 Å². The predicted molar refractivity (Wildman–Crippen MR) is 59.2 cm³/mol. The van der Waals surface area contributed by atoms with Gasteiger partial charge < -0.3 is 16.2 Å². The summed E-state index contributed by atoms with van der Waals surface area (Å²) in [6.07, 6.45) is 4.71. The van der Waals surface area contributed by atoms with Crippen molar-refractivity contribution < 1.29 is 9.90 Å². The van der Waals surface area contributed by atoms with Crippen molar-refractivity contribution in [2.75, 3.05) is 6.54 Å². The van der Waals surface area contributed by atoms with Crippen LogP contribution in [0.1, 0.15) is 39.0 Å². The number of carbonyl (C=O) groups excluding carboxylic acids is 1. The topological polar surface area (TPSA) is 75.3 Å². The van der Waals surface area contributed by atoms with E-state index in [2.05, 4.69) is 5.32 Å². The quantitative estimate of drug-likeness (QED) is 0.595. The summed E-state index contributed by atoms with van der Waals surface area (Å²) in [7, 11) is 0. The zero-order valence-electron chi connectivity index (χ0n) is 9.41. The van der Waals surface area contributed by atoms with Crippen LogP contribution in [0.25, 0.3) is 0 Å². The molecule has 0 saturated heterocycles. The van der Waals surface area contributed by atoms with Crippen LogP contribution in [-0.2, 0) is 4.79 Å². The summed E-state index contributed by atoms with van der Waals surface area (Å²) in [5.74, 6) is -0.0588. The van der Waals surface area contributed by atoms with E-state index in [0.717, 1.165) is 25.7 Å². The highest BCUT2D eigenvalue weighted by molar-refractivity contribution is 5.79. The van der Waals surface area contributed by atoms with Gasteiger partial charge in [0, 0.05) is 12.6 Å². The maximum absolute atomic E-state index is 11.8. The van der Waals surface area contributed by atoms with E-state index in [9.17, 15) is 4.79 Å². The molecule has 0 heterocycles. The number of hydrogen-bond acceptors (Lipinski definition) is 3. The van der Waals surface area contributed by atoms with Crippen molar-refractivity contribution in [2.24, 2.45) is 11.7 Å². The fourth-order valence-corrected chi connectivity index (χ4v) is 2.04. The van der Waals surface area contributed by atoms with Gasteiger partial charge in [-0.25, -0.2) is 0 Å². The first kappa shape index (κ1) is 12.5. The van der Waals surface area contributed by atoms with E-state index in [4.69, 9.17) is 10.8 Å².